The largest absolute Gasteiger partial charge is 0.396 e. The molecule has 4 atom stereocenters. The molecule has 0 spiro atoms. The topological polar surface area (TPSA) is 81.7 Å². The molecule has 3 fully saturated rings. The highest BCUT2D eigenvalue weighted by molar-refractivity contribution is 5.84. The normalized spacial score (nSPS) is 33.5. The second kappa shape index (κ2) is 6.90. The first-order chi connectivity index (χ1) is 11.5. The SMILES string of the molecule is CN(C)C(=O)C1(CNC(=O)N[C@H]2[C@H]3CC[C@@H](C3)[C@@H]2CO)CCCC1. The summed E-state index contributed by atoms with van der Waals surface area (Å²) < 4.78 is 0. The summed E-state index contributed by atoms with van der Waals surface area (Å²) in [6.07, 6.45) is 7.23. The number of hydrogen-bond acceptors (Lipinski definition) is 3. The third kappa shape index (κ3) is 3.13. The summed E-state index contributed by atoms with van der Waals surface area (Å²) in [4.78, 5) is 26.6. The molecule has 3 aliphatic rings. The minimum Gasteiger partial charge on any atom is -0.396 e. The molecule has 3 N–H and O–H groups in total. The van der Waals surface area contributed by atoms with Crippen LogP contribution >= 0.6 is 0 Å². The first kappa shape index (κ1) is 17.5. The van der Waals surface area contributed by atoms with Gasteiger partial charge in [-0.15, -0.1) is 0 Å². The fourth-order valence-corrected chi connectivity index (χ4v) is 5.34. The molecule has 24 heavy (non-hydrogen) atoms. The molecule has 0 unspecified atom stereocenters. The van der Waals surface area contributed by atoms with Crippen LogP contribution in [-0.4, -0.2) is 55.2 Å². The molecule has 0 aromatic rings. The van der Waals surface area contributed by atoms with Gasteiger partial charge in [0.1, 0.15) is 0 Å². The highest BCUT2D eigenvalue weighted by atomic mass is 16.3. The first-order valence-corrected chi connectivity index (χ1v) is 9.34. The maximum Gasteiger partial charge on any atom is 0.315 e. The monoisotopic (exact) mass is 337 g/mol. The molecule has 3 saturated carbocycles. The van der Waals surface area contributed by atoms with E-state index in [1.165, 1.54) is 6.42 Å². The van der Waals surface area contributed by atoms with Gasteiger partial charge in [-0.25, -0.2) is 4.79 Å². The van der Waals surface area contributed by atoms with E-state index in [-0.39, 0.29) is 30.5 Å². The van der Waals surface area contributed by atoms with Crippen LogP contribution in [0.15, 0.2) is 0 Å². The molecule has 6 heteroatoms. The summed E-state index contributed by atoms with van der Waals surface area (Å²) in [5.74, 6) is 1.37. The molecule has 3 rings (SSSR count). The number of aliphatic hydroxyl groups excluding tert-OH is 1. The van der Waals surface area contributed by atoms with Crippen LogP contribution < -0.4 is 10.6 Å². The van der Waals surface area contributed by atoms with Gasteiger partial charge in [-0.2, -0.15) is 0 Å². The summed E-state index contributed by atoms with van der Waals surface area (Å²) >= 11 is 0. The minimum absolute atomic E-state index is 0.0813. The Kier molecular flexibility index (Phi) is 5.04. The Labute approximate surface area is 144 Å². The zero-order valence-corrected chi connectivity index (χ0v) is 14.9. The molecule has 0 aliphatic heterocycles. The summed E-state index contributed by atoms with van der Waals surface area (Å²) in [5.41, 5.74) is -0.439. The van der Waals surface area contributed by atoms with E-state index in [2.05, 4.69) is 10.6 Å². The molecular weight excluding hydrogens is 306 g/mol. The van der Waals surface area contributed by atoms with Crippen molar-refractivity contribution < 1.29 is 14.7 Å². The van der Waals surface area contributed by atoms with E-state index >= 15 is 0 Å². The van der Waals surface area contributed by atoms with E-state index < -0.39 is 5.41 Å². The quantitative estimate of drug-likeness (QED) is 0.708. The molecule has 0 aromatic heterocycles. The Balaban J connectivity index is 1.56. The van der Waals surface area contributed by atoms with Crippen molar-refractivity contribution in [2.24, 2.45) is 23.2 Å². The molecule has 3 aliphatic carbocycles. The van der Waals surface area contributed by atoms with Gasteiger partial charge >= 0.3 is 6.03 Å². The van der Waals surface area contributed by atoms with E-state index in [4.69, 9.17) is 0 Å². The zero-order chi connectivity index (χ0) is 17.3. The maximum absolute atomic E-state index is 12.5. The lowest BCUT2D eigenvalue weighted by Crippen LogP contribution is -2.52. The van der Waals surface area contributed by atoms with Gasteiger partial charge in [-0.05, 0) is 43.9 Å². The Morgan fingerprint density at radius 1 is 1.17 bits per heavy atom. The molecule has 0 aromatic carbocycles. The van der Waals surface area contributed by atoms with Crippen molar-refractivity contribution in [2.45, 2.75) is 51.0 Å². The second-order valence-corrected chi connectivity index (χ2v) is 8.22. The molecule has 3 amide bonds. The van der Waals surface area contributed by atoms with Crippen molar-refractivity contribution in [1.82, 2.24) is 15.5 Å². The molecule has 0 radical (unpaired) electrons. The number of nitrogens with one attached hydrogen (secondary N) is 2. The molecule has 2 bridgehead atoms. The van der Waals surface area contributed by atoms with Crippen LogP contribution in [0.2, 0.25) is 0 Å². The fourth-order valence-electron chi connectivity index (χ4n) is 5.34. The number of carbonyl (C=O) groups is 2. The minimum atomic E-state index is -0.439. The van der Waals surface area contributed by atoms with Crippen molar-refractivity contribution in [1.29, 1.82) is 0 Å². The Bertz CT molecular complexity index is 488. The molecular formula is C18H31N3O3. The highest BCUT2D eigenvalue weighted by Crippen LogP contribution is 2.48. The van der Waals surface area contributed by atoms with E-state index in [0.717, 1.165) is 38.5 Å². The van der Waals surface area contributed by atoms with Crippen molar-refractivity contribution >= 4 is 11.9 Å². The van der Waals surface area contributed by atoms with Crippen LogP contribution in [0.3, 0.4) is 0 Å². The van der Waals surface area contributed by atoms with E-state index in [1.54, 1.807) is 19.0 Å². The molecule has 0 heterocycles. The van der Waals surface area contributed by atoms with Gasteiger partial charge in [0.2, 0.25) is 5.91 Å². The predicted octanol–water partition coefficient (Wildman–Crippen LogP) is 1.34. The van der Waals surface area contributed by atoms with Crippen LogP contribution in [0.25, 0.3) is 0 Å². The lowest BCUT2D eigenvalue weighted by Gasteiger charge is -2.33. The fraction of sp³-hybridized carbons (Fsp3) is 0.889. The number of amides is 3. The zero-order valence-electron chi connectivity index (χ0n) is 14.9. The smallest absolute Gasteiger partial charge is 0.315 e. The lowest BCUT2D eigenvalue weighted by molar-refractivity contribution is -0.138. The summed E-state index contributed by atoms with van der Waals surface area (Å²) in [6.45, 7) is 0.551. The van der Waals surface area contributed by atoms with Crippen molar-refractivity contribution in [3.8, 4) is 0 Å². The van der Waals surface area contributed by atoms with E-state index in [9.17, 15) is 14.7 Å². The van der Waals surface area contributed by atoms with Gasteiger partial charge in [0.05, 0.1) is 5.41 Å². The number of hydrogen-bond donors (Lipinski definition) is 3. The van der Waals surface area contributed by atoms with Crippen molar-refractivity contribution in [3.63, 3.8) is 0 Å². The second-order valence-electron chi connectivity index (χ2n) is 8.22. The summed E-state index contributed by atoms with van der Waals surface area (Å²) in [7, 11) is 3.56. The average molecular weight is 337 g/mol. The maximum atomic E-state index is 12.5. The lowest BCUT2D eigenvalue weighted by atomic mass is 9.84. The highest BCUT2D eigenvalue weighted by Gasteiger charge is 2.48. The first-order valence-electron chi connectivity index (χ1n) is 9.34. The van der Waals surface area contributed by atoms with Gasteiger partial charge in [0, 0.05) is 39.2 Å². The third-order valence-corrected chi connectivity index (χ3v) is 6.60. The van der Waals surface area contributed by atoms with Gasteiger partial charge in [-0.1, -0.05) is 12.8 Å². The van der Waals surface area contributed by atoms with Crippen LogP contribution in [0.5, 0.6) is 0 Å². The van der Waals surface area contributed by atoms with Gasteiger partial charge in [0.25, 0.3) is 0 Å². The van der Waals surface area contributed by atoms with Crippen LogP contribution in [0.1, 0.15) is 44.9 Å². The Morgan fingerprint density at radius 3 is 2.46 bits per heavy atom. The molecule has 0 saturated heterocycles. The van der Waals surface area contributed by atoms with E-state index in [1.807, 2.05) is 0 Å². The number of aliphatic hydroxyl groups is 1. The van der Waals surface area contributed by atoms with Gasteiger partial charge in [-0.3, -0.25) is 4.79 Å². The number of fused-ring (bicyclic) bond motifs is 2. The van der Waals surface area contributed by atoms with Gasteiger partial charge < -0.3 is 20.6 Å². The van der Waals surface area contributed by atoms with Crippen LogP contribution in [-0.2, 0) is 4.79 Å². The predicted molar refractivity (Wildman–Crippen MR) is 91.3 cm³/mol. The number of rotatable bonds is 5. The van der Waals surface area contributed by atoms with Crippen molar-refractivity contribution in [3.05, 3.63) is 0 Å². The number of carbonyl (C=O) groups excluding carboxylic acids is 2. The van der Waals surface area contributed by atoms with Crippen LogP contribution in [0.4, 0.5) is 4.79 Å². The number of nitrogens with zero attached hydrogens (tertiary/aromatic N) is 1. The summed E-state index contributed by atoms with van der Waals surface area (Å²) in [6, 6.07) is -0.110. The number of urea groups is 1. The van der Waals surface area contributed by atoms with Crippen molar-refractivity contribution in [2.75, 3.05) is 27.2 Å². The van der Waals surface area contributed by atoms with Gasteiger partial charge in [0.15, 0.2) is 0 Å². The summed E-state index contributed by atoms with van der Waals surface area (Å²) in [5, 5.41) is 15.7. The molecule has 6 nitrogen and oxygen atoms in total. The Hall–Kier alpha value is -1.30. The van der Waals surface area contributed by atoms with Crippen LogP contribution in [0, 0.1) is 23.2 Å². The average Bonchev–Trinajstić information content (AvgIpc) is 3.28. The third-order valence-electron chi connectivity index (χ3n) is 6.60. The Morgan fingerprint density at radius 2 is 1.83 bits per heavy atom. The standard InChI is InChI=1S/C18H31N3O3/c1-21(2)16(23)18(7-3-4-8-18)11-19-17(24)20-15-13-6-5-12(9-13)14(15)10-22/h12-15,22H,3-11H2,1-2H3,(H2,19,20,24)/t12-,13-,14-,15-/m0/s1. The molecule has 136 valence electrons. The van der Waals surface area contributed by atoms with E-state index in [0.29, 0.717) is 18.4 Å².